The van der Waals surface area contributed by atoms with Gasteiger partial charge in [0.05, 0.1) is 0 Å². The third-order valence-electron chi connectivity index (χ3n) is 2.61. The van der Waals surface area contributed by atoms with E-state index in [9.17, 15) is 0 Å². The minimum Gasteiger partial charge on any atom is -0.356 e. The van der Waals surface area contributed by atoms with Crippen LogP contribution in [0.1, 0.15) is 13.3 Å². The summed E-state index contributed by atoms with van der Waals surface area (Å²) in [5.74, 6) is 0.949. The van der Waals surface area contributed by atoms with Crippen molar-refractivity contribution >= 4 is 57.6 Å². The first-order valence-corrected chi connectivity index (χ1v) is 7.86. The van der Waals surface area contributed by atoms with E-state index in [0.717, 1.165) is 36.5 Å². The van der Waals surface area contributed by atoms with E-state index >= 15 is 0 Å². The summed E-state index contributed by atoms with van der Waals surface area (Å²) in [6, 6.07) is 8.44. The average Bonchev–Trinajstić information content (AvgIpc) is 2.40. The van der Waals surface area contributed by atoms with Gasteiger partial charge in [-0.3, -0.25) is 4.99 Å². The lowest BCUT2D eigenvalue weighted by Gasteiger charge is -2.18. The van der Waals surface area contributed by atoms with E-state index in [4.69, 9.17) is 0 Å². The Bertz CT molecular complexity index is 411. The largest absolute Gasteiger partial charge is 0.356 e. The number of hydrogen-bond acceptors (Lipinski definition) is 4. The fourth-order valence-corrected chi connectivity index (χ4v) is 2.87. The quantitative estimate of drug-likeness (QED) is 0.539. The Hall–Kier alpha value is 0.0500. The number of hydrogen-bond donors (Lipinski definition) is 2. The summed E-state index contributed by atoms with van der Waals surface area (Å²) < 4.78 is 1.12. The zero-order chi connectivity index (χ0) is 12.8. The molecule has 0 spiro atoms. The first-order chi connectivity index (χ1) is 8.74. The van der Waals surface area contributed by atoms with Crippen LogP contribution in [0.5, 0.6) is 0 Å². The molecule has 1 aromatic rings. The normalized spacial score (nSPS) is 15.8. The molecule has 0 saturated carbocycles. The maximum atomic E-state index is 4.40. The molecule has 3 nitrogen and oxygen atoms in total. The van der Waals surface area contributed by atoms with Crippen LogP contribution in [0.3, 0.4) is 0 Å². The van der Waals surface area contributed by atoms with Crippen molar-refractivity contribution in [3.8, 4) is 0 Å². The summed E-state index contributed by atoms with van der Waals surface area (Å²) in [6.45, 7) is 5.11. The van der Waals surface area contributed by atoms with Crippen molar-refractivity contribution in [3.63, 3.8) is 0 Å². The van der Waals surface area contributed by atoms with E-state index < -0.39 is 0 Å². The van der Waals surface area contributed by atoms with Crippen LogP contribution in [-0.2, 0) is 0 Å². The number of nitrogens with one attached hydrogen (secondary N) is 2. The molecular formula is C13H19BrIN3S. The van der Waals surface area contributed by atoms with Crippen LogP contribution in [0.4, 0.5) is 0 Å². The Morgan fingerprint density at radius 2 is 2.16 bits per heavy atom. The molecule has 0 amide bonds. The fraction of sp³-hybridized carbons (Fsp3) is 0.462. The highest BCUT2D eigenvalue weighted by molar-refractivity contribution is 14.0. The van der Waals surface area contributed by atoms with Gasteiger partial charge in [0.2, 0.25) is 0 Å². The highest BCUT2D eigenvalue weighted by Crippen LogP contribution is 2.24. The number of nitrogens with zero attached hydrogens (tertiary/aromatic N) is 1. The Balaban J connectivity index is 0.00000180. The van der Waals surface area contributed by atoms with Crippen LogP contribution in [-0.4, -0.2) is 30.8 Å². The second-order valence-electron chi connectivity index (χ2n) is 4.27. The molecule has 1 aromatic carbocycles. The third-order valence-corrected chi connectivity index (χ3v) is 4.25. The van der Waals surface area contributed by atoms with Crippen molar-refractivity contribution < 1.29 is 0 Å². The predicted octanol–water partition coefficient (Wildman–Crippen LogP) is 3.49. The number of rotatable bonds is 4. The molecule has 1 aliphatic rings. The summed E-state index contributed by atoms with van der Waals surface area (Å²) >= 11 is 5.32. The van der Waals surface area contributed by atoms with Gasteiger partial charge in [-0.25, -0.2) is 0 Å². The molecular weight excluding hydrogens is 437 g/mol. The number of guanidine groups is 1. The van der Waals surface area contributed by atoms with E-state index in [0.29, 0.717) is 5.25 Å². The van der Waals surface area contributed by atoms with E-state index in [2.05, 4.69) is 62.7 Å². The molecule has 0 aromatic heterocycles. The molecule has 0 bridgehead atoms. The van der Waals surface area contributed by atoms with Crippen molar-refractivity contribution in [1.29, 1.82) is 0 Å². The van der Waals surface area contributed by atoms with E-state index in [1.165, 1.54) is 4.90 Å². The monoisotopic (exact) mass is 455 g/mol. The van der Waals surface area contributed by atoms with Crippen LogP contribution < -0.4 is 10.6 Å². The van der Waals surface area contributed by atoms with E-state index in [1.54, 1.807) is 0 Å². The minimum atomic E-state index is 0. The predicted molar refractivity (Wildman–Crippen MR) is 97.8 cm³/mol. The van der Waals surface area contributed by atoms with Crippen LogP contribution in [0.15, 0.2) is 38.6 Å². The van der Waals surface area contributed by atoms with Crippen molar-refractivity contribution in [2.45, 2.75) is 23.5 Å². The number of benzene rings is 1. The molecule has 6 heteroatoms. The highest BCUT2D eigenvalue weighted by Gasteiger charge is 2.07. The van der Waals surface area contributed by atoms with Crippen LogP contribution in [0, 0.1) is 0 Å². The molecule has 0 aliphatic carbocycles. The lowest BCUT2D eigenvalue weighted by atomic mass is 10.4. The standard InChI is InChI=1S/C13H18BrN3S.HI/c1-10(9-17-13-15-7-2-8-16-13)18-12-5-3-11(14)4-6-12;/h3-6,10H,2,7-9H2,1H3,(H2,15,16,17);1H. The zero-order valence-electron chi connectivity index (χ0n) is 10.9. The number of aliphatic imine (C=N–C) groups is 1. The van der Waals surface area contributed by atoms with Crippen LogP contribution >= 0.6 is 51.7 Å². The fourth-order valence-electron chi connectivity index (χ4n) is 1.68. The first kappa shape index (κ1) is 17.1. The highest BCUT2D eigenvalue weighted by atomic mass is 127. The molecule has 106 valence electrons. The Morgan fingerprint density at radius 1 is 1.42 bits per heavy atom. The summed E-state index contributed by atoms with van der Waals surface area (Å²) in [5.41, 5.74) is 0. The van der Waals surface area contributed by atoms with Gasteiger partial charge in [0, 0.05) is 34.3 Å². The van der Waals surface area contributed by atoms with Gasteiger partial charge in [0.1, 0.15) is 0 Å². The Morgan fingerprint density at radius 3 is 2.79 bits per heavy atom. The van der Waals surface area contributed by atoms with E-state index in [1.807, 2.05) is 11.8 Å². The molecule has 0 fully saturated rings. The van der Waals surface area contributed by atoms with Crippen molar-refractivity contribution in [2.24, 2.45) is 4.99 Å². The average molecular weight is 456 g/mol. The SMILES string of the molecule is CC(CNC1=NCCCN1)Sc1ccc(Br)cc1.I. The van der Waals surface area contributed by atoms with Gasteiger partial charge in [0.15, 0.2) is 5.96 Å². The molecule has 2 rings (SSSR count). The first-order valence-electron chi connectivity index (χ1n) is 6.18. The van der Waals surface area contributed by atoms with Gasteiger partial charge in [-0.15, -0.1) is 35.7 Å². The summed E-state index contributed by atoms with van der Waals surface area (Å²) in [6.07, 6.45) is 1.13. The second kappa shape index (κ2) is 9.07. The minimum absolute atomic E-state index is 0. The van der Waals surface area contributed by atoms with E-state index in [-0.39, 0.29) is 24.0 Å². The van der Waals surface area contributed by atoms with Gasteiger partial charge < -0.3 is 10.6 Å². The number of halogens is 2. The maximum Gasteiger partial charge on any atom is 0.191 e. The lowest BCUT2D eigenvalue weighted by Crippen LogP contribution is -2.42. The molecule has 1 unspecified atom stereocenters. The summed E-state index contributed by atoms with van der Waals surface area (Å²) in [7, 11) is 0. The molecule has 1 atom stereocenters. The Labute approximate surface area is 144 Å². The topological polar surface area (TPSA) is 36.4 Å². The lowest BCUT2D eigenvalue weighted by molar-refractivity contribution is 0.699. The molecule has 1 aliphatic heterocycles. The van der Waals surface area contributed by atoms with Gasteiger partial charge in [0.25, 0.3) is 0 Å². The van der Waals surface area contributed by atoms with Crippen LogP contribution in [0.2, 0.25) is 0 Å². The van der Waals surface area contributed by atoms with Gasteiger partial charge in [-0.2, -0.15) is 0 Å². The Kier molecular flexibility index (Phi) is 8.17. The van der Waals surface area contributed by atoms with Crippen molar-refractivity contribution in [1.82, 2.24) is 10.6 Å². The molecule has 1 heterocycles. The second-order valence-corrected chi connectivity index (χ2v) is 6.70. The molecule has 2 N–H and O–H groups in total. The molecule has 19 heavy (non-hydrogen) atoms. The summed E-state index contributed by atoms with van der Waals surface area (Å²) in [4.78, 5) is 5.70. The summed E-state index contributed by atoms with van der Waals surface area (Å²) in [5, 5.41) is 7.14. The van der Waals surface area contributed by atoms with Crippen molar-refractivity contribution in [2.75, 3.05) is 19.6 Å². The smallest absolute Gasteiger partial charge is 0.191 e. The molecule has 0 saturated heterocycles. The molecule has 0 radical (unpaired) electrons. The zero-order valence-corrected chi connectivity index (χ0v) is 15.6. The van der Waals surface area contributed by atoms with Gasteiger partial charge >= 0.3 is 0 Å². The van der Waals surface area contributed by atoms with Gasteiger partial charge in [-0.05, 0) is 30.7 Å². The number of thioether (sulfide) groups is 1. The third kappa shape index (κ3) is 6.35. The van der Waals surface area contributed by atoms with Crippen molar-refractivity contribution in [3.05, 3.63) is 28.7 Å². The van der Waals surface area contributed by atoms with Crippen LogP contribution in [0.25, 0.3) is 0 Å². The van der Waals surface area contributed by atoms with Gasteiger partial charge in [-0.1, -0.05) is 22.9 Å². The maximum absolute atomic E-state index is 4.40.